The molecule has 11 heteroatoms. The highest BCUT2D eigenvalue weighted by atomic mass is 32.2. The van der Waals surface area contributed by atoms with Crippen molar-refractivity contribution in [2.75, 3.05) is 18.4 Å². The Morgan fingerprint density at radius 1 is 1.32 bits per heavy atom. The fourth-order valence-corrected chi connectivity index (χ4v) is 5.09. The summed E-state index contributed by atoms with van der Waals surface area (Å²) in [6.07, 6.45) is 2.18. The number of amides is 1. The number of nitrogens with one attached hydrogen (secondary N) is 2. The molecule has 1 unspecified atom stereocenters. The SMILES string of the molecule is O=C(Nc1nccs1)c1cc(C2CCN(S(=O)(=O)c3ccc(F)cc3)C2)[nH]n1. The third-order valence-corrected chi connectivity index (χ3v) is 7.09. The molecule has 0 spiro atoms. The van der Waals surface area contributed by atoms with E-state index in [9.17, 15) is 17.6 Å². The highest BCUT2D eigenvalue weighted by Crippen LogP contribution is 2.30. The number of carbonyl (C=O) groups is 1. The maximum absolute atomic E-state index is 13.1. The minimum Gasteiger partial charge on any atom is -0.296 e. The van der Waals surface area contributed by atoms with Crippen LogP contribution in [0.25, 0.3) is 0 Å². The topological polar surface area (TPSA) is 108 Å². The number of hydrogen-bond acceptors (Lipinski definition) is 6. The number of thiazole rings is 1. The van der Waals surface area contributed by atoms with E-state index in [-0.39, 0.29) is 29.0 Å². The van der Waals surface area contributed by atoms with Crippen LogP contribution in [0, 0.1) is 5.82 Å². The average molecular weight is 421 g/mol. The van der Waals surface area contributed by atoms with Crippen LogP contribution in [-0.4, -0.2) is 46.9 Å². The van der Waals surface area contributed by atoms with Crippen molar-refractivity contribution in [2.45, 2.75) is 17.2 Å². The molecule has 1 saturated heterocycles. The van der Waals surface area contributed by atoms with Crippen LogP contribution in [0.4, 0.5) is 9.52 Å². The zero-order chi connectivity index (χ0) is 19.7. The first-order valence-electron chi connectivity index (χ1n) is 8.45. The quantitative estimate of drug-likeness (QED) is 0.658. The van der Waals surface area contributed by atoms with E-state index >= 15 is 0 Å². The molecule has 1 atom stereocenters. The molecule has 28 heavy (non-hydrogen) atoms. The van der Waals surface area contributed by atoms with Crippen LogP contribution >= 0.6 is 11.3 Å². The Kier molecular flexibility index (Phi) is 4.96. The van der Waals surface area contributed by atoms with E-state index < -0.39 is 15.8 Å². The molecular weight excluding hydrogens is 405 g/mol. The number of hydrogen-bond donors (Lipinski definition) is 2. The lowest BCUT2D eigenvalue weighted by molar-refractivity contribution is 0.102. The first-order chi connectivity index (χ1) is 13.4. The van der Waals surface area contributed by atoms with Crippen molar-refractivity contribution in [2.24, 2.45) is 0 Å². The van der Waals surface area contributed by atoms with Crippen LogP contribution in [0.5, 0.6) is 0 Å². The molecule has 1 amide bonds. The standard InChI is InChI=1S/C17H16FN5O3S2/c18-12-1-3-13(4-2-12)28(25,26)23-7-5-11(10-23)14-9-15(22-21-14)16(24)20-17-19-6-8-27-17/h1-4,6,8-9,11H,5,7,10H2,(H,21,22)(H,19,20,24). The summed E-state index contributed by atoms with van der Waals surface area (Å²) < 4.78 is 39.9. The van der Waals surface area contributed by atoms with Crippen molar-refractivity contribution in [3.8, 4) is 0 Å². The number of halogens is 1. The van der Waals surface area contributed by atoms with Gasteiger partial charge in [-0.15, -0.1) is 11.3 Å². The van der Waals surface area contributed by atoms with Crippen molar-refractivity contribution < 1.29 is 17.6 Å². The first kappa shape index (κ1) is 18.7. The van der Waals surface area contributed by atoms with Crippen LogP contribution in [0.1, 0.15) is 28.5 Å². The normalized spacial score (nSPS) is 17.7. The lowest BCUT2D eigenvalue weighted by Gasteiger charge is -2.16. The Morgan fingerprint density at radius 2 is 2.11 bits per heavy atom. The van der Waals surface area contributed by atoms with Crippen LogP contribution < -0.4 is 5.32 Å². The molecule has 0 aliphatic carbocycles. The summed E-state index contributed by atoms with van der Waals surface area (Å²) in [4.78, 5) is 16.3. The molecule has 1 aromatic carbocycles. The number of carbonyl (C=O) groups excluding carboxylic acids is 1. The van der Waals surface area contributed by atoms with Crippen LogP contribution in [-0.2, 0) is 10.0 Å². The second-order valence-corrected chi connectivity index (χ2v) is 9.13. The monoisotopic (exact) mass is 421 g/mol. The van der Waals surface area contributed by atoms with Crippen molar-refractivity contribution >= 4 is 32.4 Å². The number of nitrogens with zero attached hydrogens (tertiary/aromatic N) is 3. The summed E-state index contributed by atoms with van der Waals surface area (Å²) in [6, 6.07) is 6.40. The summed E-state index contributed by atoms with van der Waals surface area (Å²) in [5.41, 5.74) is 0.908. The number of sulfonamides is 1. The molecule has 1 aliphatic rings. The van der Waals surface area contributed by atoms with E-state index in [1.54, 1.807) is 17.6 Å². The number of benzene rings is 1. The van der Waals surface area contributed by atoms with Crippen LogP contribution in [0.3, 0.4) is 0 Å². The number of aromatic amines is 1. The van der Waals surface area contributed by atoms with Crippen LogP contribution in [0.15, 0.2) is 46.8 Å². The van der Waals surface area contributed by atoms with E-state index in [2.05, 4.69) is 20.5 Å². The minimum atomic E-state index is -3.69. The molecule has 4 rings (SSSR count). The minimum absolute atomic E-state index is 0.0580. The molecule has 3 aromatic rings. The Morgan fingerprint density at radius 3 is 2.82 bits per heavy atom. The first-order valence-corrected chi connectivity index (χ1v) is 10.8. The van der Waals surface area contributed by atoms with Gasteiger partial charge in [0.25, 0.3) is 5.91 Å². The van der Waals surface area contributed by atoms with Crippen LogP contribution in [0.2, 0.25) is 0 Å². The van der Waals surface area contributed by atoms with E-state index in [4.69, 9.17) is 0 Å². The van der Waals surface area contributed by atoms with Crippen molar-refractivity contribution in [1.29, 1.82) is 0 Å². The van der Waals surface area contributed by atoms with Gasteiger partial charge in [0, 0.05) is 36.3 Å². The third-order valence-electron chi connectivity index (χ3n) is 4.53. The average Bonchev–Trinajstić information content (AvgIpc) is 3.42. The molecule has 1 fully saturated rings. The zero-order valence-electron chi connectivity index (χ0n) is 14.5. The fraction of sp³-hybridized carbons (Fsp3) is 0.235. The molecule has 3 heterocycles. The number of aromatic nitrogens is 3. The van der Waals surface area contributed by atoms with Gasteiger partial charge in [0.15, 0.2) is 10.8 Å². The molecule has 2 aromatic heterocycles. The maximum Gasteiger partial charge on any atom is 0.277 e. The second-order valence-electron chi connectivity index (χ2n) is 6.30. The van der Waals surface area contributed by atoms with E-state index in [0.717, 1.165) is 12.1 Å². The van der Waals surface area contributed by atoms with E-state index in [1.165, 1.54) is 27.8 Å². The van der Waals surface area contributed by atoms with Gasteiger partial charge >= 0.3 is 0 Å². The highest BCUT2D eigenvalue weighted by molar-refractivity contribution is 7.89. The molecular formula is C17H16FN5O3S2. The number of H-pyrrole nitrogens is 1. The second kappa shape index (κ2) is 7.41. The van der Waals surface area contributed by atoms with Gasteiger partial charge in [-0.05, 0) is 36.8 Å². The largest absolute Gasteiger partial charge is 0.296 e. The van der Waals surface area contributed by atoms with Gasteiger partial charge in [-0.25, -0.2) is 17.8 Å². The number of rotatable bonds is 5. The van der Waals surface area contributed by atoms with Crippen molar-refractivity contribution in [3.63, 3.8) is 0 Å². The molecule has 1 aliphatic heterocycles. The Balaban J connectivity index is 1.45. The molecule has 146 valence electrons. The lowest BCUT2D eigenvalue weighted by Crippen LogP contribution is -2.28. The highest BCUT2D eigenvalue weighted by Gasteiger charge is 2.34. The van der Waals surface area contributed by atoms with E-state index in [0.29, 0.717) is 23.8 Å². The van der Waals surface area contributed by atoms with Gasteiger partial charge in [-0.1, -0.05) is 0 Å². The van der Waals surface area contributed by atoms with Gasteiger partial charge < -0.3 is 0 Å². The Bertz CT molecular complexity index is 1080. The molecule has 2 N–H and O–H groups in total. The van der Waals surface area contributed by atoms with Gasteiger partial charge in [0.1, 0.15) is 5.82 Å². The van der Waals surface area contributed by atoms with Gasteiger partial charge in [0.2, 0.25) is 10.0 Å². The summed E-state index contributed by atoms with van der Waals surface area (Å²) in [6.45, 7) is 0.597. The Hall–Kier alpha value is -2.63. The Labute approximate surface area is 164 Å². The van der Waals surface area contributed by atoms with Crippen molar-refractivity contribution in [3.05, 3.63) is 59.1 Å². The third kappa shape index (κ3) is 3.68. The maximum atomic E-state index is 13.1. The smallest absolute Gasteiger partial charge is 0.277 e. The number of anilines is 1. The zero-order valence-corrected chi connectivity index (χ0v) is 16.1. The van der Waals surface area contributed by atoms with Crippen molar-refractivity contribution in [1.82, 2.24) is 19.5 Å². The molecule has 8 nitrogen and oxygen atoms in total. The van der Waals surface area contributed by atoms with E-state index in [1.807, 2.05) is 0 Å². The molecule has 0 radical (unpaired) electrons. The van der Waals surface area contributed by atoms with Gasteiger partial charge in [-0.3, -0.25) is 15.2 Å². The molecule has 0 saturated carbocycles. The molecule has 0 bridgehead atoms. The lowest BCUT2D eigenvalue weighted by atomic mass is 10.1. The van der Waals surface area contributed by atoms with Gasteiger partial charge in [-0.2, -0.15) is 9.40 Å². The predicted octanol–water partition coefficient (Wildman–Crippen LogP) is 2.44. The fourth-order valence-electron chi connectivity index (χ4n) is 3.06. The summed E-state index contributed by atoms with van der Waals surface area (Å²) in [7, 11) is -3.69. The summed E-state index contributed by atoms with van der Waals surface area (Å²) in [5, 5.41) is 11.7. The summed E-state index contributed by atoms with van der Waals surface area (Å²) in [5.74, 6) is -0.977. The van der Waals surface area contributed by atoms with Gasteiger partial charge in [0.05, 0.1) is 4.90 Å². The summed E-state index contributed by atoms with van der Waals surface area (Å²) >= 11 is 1.30. The predicted molar refractivity (Wildman–Crippen MR) is 101 cm³/mol.